The SMILES string of the molecule is Cc1ccccc1[C@H](C)NC(=O)CN1CCC(C(=O)Nc2ccccc2O)CC1. The third-order valence-corrected chi connectivity index (χ3v) is 5.52. The van der Waals surface area contributed by atoms with Crippen LogP contribution in [-0.4, -0.2) is 41.5 Å². The predicted octanol–water partition coefficient (Wildman–Crippen LogP) is 3.23. The molecule has 1 aliphatic rings. The Morgan fingerprint density at radius 1 is 1.10 bits per heavy atom. The first kappa shape index (κ1) is 20.9. The number of piperidine rings is 1. The van der Waals surface area contributed by atoms with Crippen molar-refractivity contribution in [2.45, 2.75) is 32.7 Å². The number of likely N-dealkylation sites (tertiary alicyclic amines) is 1. The Morgan fingerprint density at radius 2 is 1.76 bits per heavy atom. The lowest BCUT2D eigenvalue weighted by Gasteiger charge is -2.31. The van der Waals surface area contributed by atoms with Gasteiger partial charge in [-0.25, -0.2) is 0 Å². The van der Waals surface area contributed by atoms with Crippen molar-refractivity contribution in [1.82, 2.24) is 10.2 Å². The number of aromatic hydroxyl groups is 1. The highest BCUT2D eigenvalue weighted by Crippen LogP contribution is 2.25. The van der Waals surface area contributed by atoms with Gasteiger partial charge in [-0.3, -0.25) is 14.5 Å². The van der Waals surface area contributed by atoms with Crippen LogP contribution in [0.25, 0.3) is 0 Å². The summed E-state index contributed by atoms with van der Waals surface area (Å²) in [4.78, 5) is 27.0. The number of hydrogen-bond donors (Lipinski definition) is 3. The van der Waals surface area contributed by atoms with E-state index in [0.29, 0.717) is 38.2 Å². The van der Waals surface area contributed by atoms with Gasteiger partial charge in [0.1, 0.15) is 5.75 Å². The molecule has 154 valence electrons. The minimum atomic E-state index is -0.111. The van der Waals surface area contributed by atoms with Gasteiger partial charge in [-0.1, -0.05) is 36.4 Å². The first-order chi connectivity index (χ1) is 13.9. The van der Waals surface area contributed by atoms with Gasteiger partial charge in [0.25, 0.3) is 0 Å². The van der Waals surface area contributed by atoms with Gasteiger partial charge in [0.05, 0.1) is 18.3 Å². The van der Waals surface area contributed by atoms with E-state index in [1.807, 2.05) is 38.1 Å². The van der Waals surface area contributed by atoms with E-state index in [9.17, 15) is 14.7 Å². The van der Waals surface area contributed by atoms with Crippen LogP contribution in [0.15, 0.2) is 48.5 Å². The fourth-order valence-electron chi connectivity index (χ4n) is 3.81. The summed E-state index contributed by atoms with van der Waals surface area (Å²) in [6.07, 6.45) is 1.39. The normalized spacial score (nSPS) is 16.2. The molecule has 0 saturated carbocycles. The first-order valence-electron chi connectivity index (χ1n) is 10.1. The number of carbonyl (C=O) groups is 2. The molecule has 0 aliphatic carbocycles. The van der Waals surface area contributed by atoms with Crippen LogP contribution < -0.4 is 10.6 Å². The van der Waals surface area contributed by atoms with Crippen LogP contribution in [0, 0.1) is 12.8 Å². The molecule has 2 aromatic rings. The molecule has 3 rings (SSSR count). The molecule has 0 bridgehead atoms. The van der Waals surface area contributed by atoms with Crippen molar-refractivity contribution < 1.29 is 14.7 Å². The summed E-state index contributed by atoms with van der Waals surface area (Å²) in [5.41, 5.74) is 2.72. The van der Waals surface area contributed by atoms with E-state index < -0.39 is 0 Å². The molecule has 0 radical (unpaired) electrons. The molecule has 0 spiro atoms. The molecule has 2 amide bonds. The standard InChI is InChI=1S/C23H29N3O3/c1-16-7-3-4-8-19(16)17(2)24-22(28)15-26-13-11-18(12-14-26)23(29)25-20-9-5-6-10-21(20)27/h3-10,17-18,27H,11-15H2,1-2H3,(H,24,28)(H,25,29)/t17-/m0/s1. The number of carbonyl (C=O) groups excluding carboxylic acids is 2. The Morgan fingerprint density at radius 3 is 2.45 bits per heavy atom. The molecule has 3 N–H and O–H groups in total. The molecule has 29 heavy (non-hydrogen) atoms. The minimum Gasteiger partial charge on any atom is -0.506 e. The van der Waals surface area contributed by atoms with Gasteiger partial charge in [-0.05, 0) is 63.0 Å². The molecule has 2 aromatic carbocycles. The molecule has 0 unspecified atom stereocenters. The van der Waals surface area contributed by atoms with Crippen LogP contribution in [0.1, 0.15) is 36.9 Å². The maximum absolute atomic E-state index is 12.5. The van der Waals surface area contributed by atoms with E-state index in [4.69, 9.17) is 0 Å². The zero-order valence-corrected chi connectivity index (χ0v) is 17.0. The molecular formula is C23H29N3O3. The maximum atomic E-state index is 12.5. The highest BCUT2D eigenvalue weighted by Gasteiger charge is 2.26. The van der Waals surface area contributed by atoms with Gasteiger partial charge in [-0.15, -0.1) is 0 Å². The van der Waals surface area contributed by atoms with Crippen molar-refractivity contribution in [1.29, 1.82) is 0 Å². The molecule has 0 aromatic heterocycles. The van der Waals surface area contributed by atoms with Crippen molar-refractivity contribution in [2.75, 3.05) is 25.0 Å². The van der Waals surface area contributed by atoms with Crippen molar-refractivity contribution >= 4 is 17.5 Å². The second kappa shape index (κ2) is 9.56. The Balaban J connectivity index is 1.44. The molecule has 6 heteroatoms. The summed E-state index contributed by atoms with van der Waals surface area (Å²) in [6.45, 7) is 5.78. The Bertz CT molecular complexity index is 860. The first-order valence-corrected chi connectivity index (χ1v) is 10.1. The molecule has 1 atom stereocenters. The third-order valence-electron chi connectivity index (χ3n) is 5.52. The number of anilines is 1. The fourth-order valence-corrected chi connectivity index (χ4v) is 3.81. The largest absolute Gasteiger partial charge is 0.506 e. The smallest absolute Gasteiger partial charge is 0.234 e. The predicted molar refractivity (Wildman–Crippen MR) is 114 cm³/mol. The molecule has 1 saturated heterocycles. The number of rotatable bonds is 6. The highest BCUT2D eigenvalue weighted by molar-refractivity contribution is 5.93. The van der Waals surface area contributed by atoms with E-state index in [1.165, 1.54) is 0 Å². The summed E-state index contributed by atoms with van der Waals surface area (Å²) in [6, 6.07) is 14.7. The molecule has 6 nitrogen and oxygen atoms in total. The number of benzene rings is 2. The van der Waals surface area contributed by atoms with Gasteiger partial charge in [0.15, 0.2) is 0 Å². The van der Waals surface area contributed by atoms with Crippen LogP contribution in [-0.2, 0) is 9.59 Å². The zero-order valence-electron chi connectivity index (χ0n) is 17.0. The van der Waals surface area contributed by atoms with Crippen molar-refractivity contribution in [2.24, 2.45) is 5.92 Å². The van der Waals surface area contributed by atoms with Crippen LogP contribution in [0.5, 0.6) is 5.75 Å². The molecule has 1 aliphatic heterocycles. The van der Waals surface area contributed by atoms with E-state index in [0.717, 1.165) is 11.1 Å². The minimum absolute atomic E-state index is 0.00198. The summed E-state index contributed by atoms with van der Waals surface area (Å²) in [7, 11) is 0. The number of nitrogens with one attached hydrogen (secondary N) is 2. The average molecular weight is 396 g/mol. The Hall–Kier alpha value is -2.86. The zero-order chi connectivity index (χ0) is 20.8. The third kappa shape index (κ3) is 5.57. The lowest BCUT2D eigenvalue weighted by atomic mass is 9.95. The van der Waals surface area contributed by atoms with Crippen LogP contribution >= 0.6 is 0 Å². The topological polar surface area (TPSA) is 81.7 Å². The molecular weight excluding hydrogens is 366 g/mol. The highest BCUT2D eigenvalue weighted by atomic mass is 16.3. The van der Waals surface area contributed by atoms with Crippen molar-refractivity contribution in [3.05, 3.63) is 59.7 Å². The maximum Gasteiger partial charge on any atom is 0.234 e. The van der Waals surface area contributed by atoms with Crippen molar-refractivity contribution in [3.63, 3.8) is 0 Å². The number of amides is 2. The quantitative estimate of drug-likeness (QED) is 0.656. The Kier molecular flexibility index (Phi) is 6.88. The summed E-state index contributed by atoms with van der Waals surface area (Å²) < 4.78 is 0. The van der Waals surface area contributed by atoms with Gasteiger partial charge in [-0.2, -0.15) is 0 Å². The fraction of sp³-hybridized carbons (Fsp3) is 0.391. The van der Waals surface area contributed by atoms with Gasteiger partial charge in [0, 0.05) is 5.92 Å². The number of para-hydroxylation sites is 2. The summed E-state index contributed by atoms with van der Waals surface area (Å²) >= 11 is 0. The summed E-state index contributed by atoms with van der Waals surface area (Å²) in [5, 5.41) is 15.7. The van der Waals surface area contributed by atoms with Crippen molar-refractivity contribution in [3.8, 4) is 5.75 Å². The number of aryl methyl sites for hydroxylation is 1. The van der Waals surface area contributed by atoms with Crippen LogP contribution in [0.3, 0.4) is 0 Å². The number of hydrogen-bond acceptors (Lipinski definition) is 4. The van der Waals surface area contributed by atoms with Gasteiger partial charge >= 0.3 is 0 Å². The average Bonchev–Trinajstić information content (AvgIpc) is 2.70. The van der Waals surface area contributed by atoms with E-state index in [2.05, 4.69) is 15.5 Å². The Labute approximate surface area is 171 Å². The van der Waals surface area contributed by atoms with Crippen LogP contribution in [0.4, 0.5) is 5.69 Å². The molecule has 1 fully saturated rings. The van der Waals surface area contributed by atoms with Crippen LogP contribution in [0.2, 0.25) is 0 Å². The lowest BCUT2D eigenvalue weighted by molar-refractivity contribution is -0.124. The second-order valence-electron chi connectivity index (χ2n) is 7.70. The van der Waals surface area contributed by atoms with Gasteiger partial charge in [0.2, 0.25) is 11.8 Å². The van der Waals surface area contributed by atoms with E-state index >= 15 is 0 Å². The second-order valence-corrected chi connectivity index (χ2v) is 7.70. The van der Waals surface area contributed by atoms with E-state index in [-0.39, 0.29) is 29.5 Å². The number of nitrogens with zero attached hydrogens (tertiary/aromatic N) is 1. The molecule has 1 heterocycles. The lowest BCUT2D eigenvalue weighted by Crippen LogP contribution is -2.43. The summed E-state index contributed by atoms with van der Waals surface area (Å²) in [5.74, 6) is -0.126. The van der Waals surface area contributed by atoms with Gasteiger partial charge < -0.3 is 15.7 Å². The number of phenols is 1. The number of phenolic OH excluding ortho intramolecular Hbond substituents is 1. The monoisotopic (exact) mass is 395 g/mol. The van der Waals surface area contributed by atoms with E-state index in [1.54, 1.807) is 24.3 Å².